The summed E-state index contributed by atoms with van der Waals surface area (Å²) < 4.78 is 26.7. The van der Waals surface area contributed by atoms with Gasteiger partial charge in [-0.25, -0.2) is 8.42 Å². The van der Waals surface area contributed by atoms with Crippen molar-refractivity contribution in [1.82, 2.24) is 15.0 Å². The van der Waals surface area contributed by atoms with Crippen molar-refractivity contribution in [2.45, 2.75) is 43.4 Å². The molecule has 0 aliphatic carbocycles. The number of hydrogen-bond donors (Lipinski definition) is 7. The average molecular weight is 570 g/mol. The van der Waals surface area contributed by atoms with Crippen LogP contribution in [0.5, 0.6) is 5.75 Å². The number of alkyl halides is 1. The predicted molar refractivity (Wildman–Crippen MR) is 150 cm³/mol. The Morgan fingerprint density at radius 2 is 1.45 bits per heavy atom. The SMILES string of the molecule is N[C@@H]1C[C@H](N)CN(c2nc(Nc3ccc(NS(=O)(=O)CCCCl)c(O)c3)nc(N3C[C@H](N)C[C@H](N)C3)n2)C1. The van der Waals surface area contributed by atoms with Crippen LogP contribution in [0.25, 0.3) is 0 Å². The van der Waals surface area contributed by atoms with Crippen molar-refractivity contribution in [2.75, 3.05) is 57.7 Å². The van der Waals surface area contributed by atoms with Gasteiger partial charge in [-0.15, -0.1) is 11.6 Å². The van der Waals surface area contributed by atoms with Gasteiger partial charge in [0, 0.05) is 68.0 Å². The first kappa shape index (κ1) is 28.3. The van der Waals surface area contributed by atoms with Crippen molar-refractivity contribution in [1.29, 1.82) is 0 Å². The van der Waals surface area contributed by atoms with Crippen molar-refractivity contribution >= 4 is 50.8 Å². The van der Waals surface area contributed by atoms with E-state index in [1.807, 2.05) is 9.80 Å². The molecule has 2 saturated heterocycles. The Morgan fingerprint density at radius 3 is 1.92 bits per heavy atom. The van der Waals surface area contributed by atoms with Crippen molar-refractivity contribution < 1.29 is 13.5 Å². The molecule has 2 fully saturated rings. The van der Waals surface area contributed by atoms with Crippen LogP contribution in [0.3, 0.4) is 0 Å². The second-order valence-corrected chi connectivity index (χ2v) is 12.1. The van der Waals surface area contributed by atoms with Crippen LogP contribution in [-0.2, 0) is 10.0 Å². The van der Waals surface area contributed by atoms with Crippen LogP contribution in [0, 0.1) is 0 Å². The highest BCUT2D eigenvalue weighted by atomic mass is 35.5. The minimum Gasteiger partial charge on any atom is -0.506 e. The van der Waals surface area contributed by atoms with Gasteiger partial charge in [0.1, 0.15) is 5.75 Å². The Balaban J connectivity index is 1.61. The summed E-state index contributed by atoms with van der Waals surface area (Å²) in [6, 6.07) is 3.94. The van der Waals surface area contributed by atoms with Gasteiger partial charge < -0.3 is 43.2 Å². The number of benzene rings is 1. The summed E-state index contributed by atoms with van der Waals surface area (Å²) in [5.74, 6) is 0.837. The maximum Gasteiger partial charge on any atom is 0.233 e. The molecule has 0 saturated carbocycles. The van der Waals surface area contributed by atoms with Crippen LogP contribution in [0.2, 0.25) is 0 Å². The smallest absolute Gasteiger partial charge is 0.233 e. The highest BCUT2D eigenvalue weighted by Gasteiger charge is 2.29. The van der Waals surface area contributed by atoms with Crippen molar-refractivity contribution in [2.24, 2.45) is 22.9 Å². The summed E-state index contributed by atoms with van der Waals surface area (Å²) in [4.78, 5) is 17.7. The number of phenols is 1. The van der Waals surface area contributed by atoms with Crippen LogP contribution in [-0.4, -0.2) is 90.5 Å². The van der Waals surface area contributed by atoms with Gasteiger partial charge >= 0.3 is 0 Å². The lowest BCUT2D eigenvalue weighted by Crippen LogP contribution is -2.54. The van der Waals surface area contributed by atoms with Crippen molar-refractivity contribution in [3.63, 3.8) is 0 Å². The number of sulfonamides is 1. The maximum absolute atomic E-state index is 12.2. The number of phenolic OH excluding ortho intramolecular Hbond substituents is 1. The van der Waals surface area contributed by atoms with Crippen molar-refractivity contribution in [3.05, 3.63) is 18.2 Å². The monoisotopic (exact) mass is 569 g/mol. The molecule has 1 aromatic heterocycles. The lowest BCUT2D eigenvalue weighted by Gasteiger charge is -2.37. The number of aromatic nitrogens is 3. The molecule has 0 radical (unpaired) electrons. The third kappa shape index (κ3) is 7.45. The number of halogens is 1. The quantitative estimate of drug-likeness (QED) is 0.148. The van der Waals surface area contributed by atoms with E-state index in [2.05, 4.69) is 25.0 Å². The van der Waals surface area contributed by atoms with E-state index in [1.165, 1.54) is 12.1 Å². The van der Waals surface area contributed by atoms with E-state index >= 15 is 0 Å². The van der Waals surface area contributed by atoms with Gasteiger partial charge in [0.05, 0.1) is 11.4 Å². The van der Waals surface area contributed by atoms with Gasteiger partial charge in [-0.05, 0) is 31.4 Å². The van der Waals surface area contributed by atoms with Crippen LogP contribution in [0.4, 0.5) is 29.2 Å². The maximum atomic E-state index is 12.2. The molecular formula is C22H36ClN11O3S. The molecule has 16 heteroatoms. The molecule has 11 N–H and O–H groups in total. The number of anilines is 5. The molecule has 210 valence electrons. The zero-order chi connectivity index (χ0) is 27.4. The third-order valence-electron chi connectivity index (χ3n) is 6.27. The first-order valence-electron chi connectivity index (χ1n) is 12.5. The van der Waals surface area contributed by atoms with Gasteiger partial charge in [0.2, 0.25) is 27.9 Å². The molecule has 2 aliphatic rings. The molecule has 4 atom stereocenters. The van der Waals surface area contributed by atoms with Gasteiger partial charge in [-0.2, -0.15) is 15.0 Å². The van der Waals surface area contributed by atoms with Gasteiger partial charge in [-0.1, -0.05) is 0 Å². The minimum absolute atomic E-state index is 0.0507. The molecule has 14 nitrogen and oxygen atoms in total. The van der Waals surface area contributed by atoms with E-state index in [4.69, 9.17) is 34.5 Å². The summed E-state index contributed by atoms with van der Waals surface area (Å²) in [5.41, 5.74) is 25.3. The normalized spacial score (nSPS) is 24.3. The van der Waals surface area contributed by atoms with E-state index in [0.717, 1.165) is 0 Å². The van der Waals surface area contributed by atoms with Gasteiger partial charge in [0.15, 0.2) is 0 Å². The molecule has 2 aromatic rings. The van der Waals surface area contributed by atoms with Crippen LogP contribution < -0.4 is 42.8 Å². The van der Waals surface area contributed by atoms with E-state index in [9.17, 15) is 13.5 Å². The number of hydrogen-bond acceptors (Lipinski definition) is 13. The van der Waals surface area contributed by atoms with E-state index < -0.39 is 10.0 Å². The second-order valence-electron chi connectivity index (χ2n) is 9.90. The standard InChI is InChI=1S/C22H36ClN11O3S/c23-4-1-5-38(36,37)32-18-3-2-17(8-19(18)35)28-20-29-21(33-9-13(24)6-14(25)10-33)31-22(30-20)34-11-15(26)7-16(27)12-34/h2-3,8,13-16,32,35H,1,4-7,9-12,24-27H2,(H,28,29,30,31)/t13-,14+,15-,16+. The number of nitrogens with one attached hydrogen (secondary N) is 2. The molecule has 4 rings (SSSR count). The zero-order valence-electron chi connectivity index (χ0n) is 21.0. The fraction of sp³-hybridized carbons (Fsp3) is 0.591. The fourth-order valence-electron chi connectivity index (χ4n) is 4.66. The molecule has 0 unspecified atom stereocenters. The topological polar surface area (TPSA) is 228 Å². The van der Waals surface area contributed by atoms with E-state index in [-0.39, 0.29) is 53.2 Å². The lowest BCUT2D eigenvalue weighted by molar-refractivity contribution is 0.441. The Kier molecular flexibility index (Phi) is 8.95. The summed E-state index contributed by atoms with van der Waals surface area (Å²) in [7, 11) is -3.65. The number of rotatable bonds is 9. The largest absolute Gasteiger partial charge is 0.506 e. The highest BCUT2D eigenvalue weighted by molar-refractivity contribution is 7.92. The third-order valence-corrected chi connectivity index (χ3v) is 7.90. The Bertz CT molecular complexity index is 1160. The first-order chi connectivity index (χ1) is 18.0. The van der Waals surface area contributed by atoms with Crippen LogP contribution in [0.15, 0.2) is 18.2 Å². The van der Waals surface area contributed by atoms with E-state index in [1.54, 1.807) is 6.07 Å². The number of aromatic hydroxyl groups is 1. The molecule has 1 aromatic carbocycles. The molecule has 3 heterocycles. The average Bonchev–Trinajstić information content (AvgIpc) is 2.83. The van der Waals surface area contributed by atoms with Crippen molar-refractivity contribution in [3.8, 4) is 5.75 Å². The molecular weight excluding hydrogens is 534 g/mol. The molecule has 0 amide bonds. The zero-order valence-corrected chi connectivity index (χ0v) is 22.6. The Hall–Kier alpha value is -2.69. The molecule has 0 bridgehead atoms. The highest BCUT2D eigenvalue weighted by Crippen LogP contribution is 2.30. The molecule has 0 spiro atoms. The van der Waals surface area contributed by atoms with E-state index in [0.29, 0.717) is 63.0 Å². The summed E-state index contributed by atoms with van der Waals surface area (Å²) in [6.07, 6.45) is 1.70. The Morgan fingerprint density at radius 1 is 0.921 bits per heavy atom. The predicted octanol–water partition coefficient (Wildman–Crippen LogP) is -0.579. The van der Waals surface area contributed by atoms with Gasteiger partial charge in [-0.3, -0.25) is 4.72 Å². The molecule has 38 heavy (non-hydrogen) atoms. The summed E-state index contributed by atoms with van der Waals surface area (Å²) in [6.45, 7) is 2.15. The fourth-order valence-corrected chi connectivity index (χ4v) is 6.09. The second kappa shape index (κ2) is 12.0. The number of piperidine rings is 2. The molecule has 2 aliphatic heterocycles. The Labute approximate surface area is 227 Å². The lowest BCUT2D eigenvalue weighted by atomic mass is 10.0. The number of nitrogens with two attached hydrogens (primary N) is 4. The number of nitrogens with zero attached hydrogens (tertiary/aromatic N) is 5. The van der Waals surface area contributed by atoms with Crippen LogP contribution >= 0.6 is 11.6 Å². The van der Waals surface area contributed by atoms with Crippen LogP contribution in [0.1, 0.15) is 19.3 Å². The summed E-state index contributed by atoms with van der Waals surface area (Å²) >= 11 is 5.59. The van der Waals surface area contributed by atoms with Gasteiger partial charge in [0.25, 0.3) is 0 Å². The first-order valence-corrected chi connectivity index (χ1v) is 14.6. The minimum atomic E-state index is -3.65. The summed E-state index contributed by atoms with van der Waals surface area (Å²) in [5, 5.41) is 13.6.